The Morgan fingerprint density at radius 1 is 1.06 bits per heavy atom. The molecular formula is C10H12N4OW3. The second-order valence-electron chi connectivity index (χ2n) is 2.40. The molecule has 8 heteroatoms. The van der Waals surface area contributed by atoms with Gasteiger partial charge >= 0.3 is 0 Å². The van der Waals surface area contributed by atoms with Crippen LogP contribution in [0.3, 0.4) is 0 Å². The zero-order chi connectivity index (χ0) is 10.6. The van der Waals surface area contributed by atoms with Crippen molar-refractivity contribution in [3.05, 3.63) is 49.1 Å². The number of nitrogens with zero attached hydrogens (tertiary/aromatic N) is 3. The molecule has 2 aromatic heterocycles. The number of aromatic amines is 1. The van der Waals surface area contributed by atoms with E-state index in [1.807, 2.05) is 18.2 Å². The van der Waals surface area contributed by atoms with Gasteiger partial charge in [-0.25, -0.2) is 0 Å². The summed E-state index contributed by atoms with van der Waals surface area (Å²) in [6.45, 7) is 0.889. The van der Waals surface area contributed by atoms with Crippen LogP contribution in [0.15, 0.2) is 58.7 Å². The molecule has 0 bridgehead atoms. The number of hydrogen-bond donors (Lipinski definition) is 1. The molecule has 1 N–H and O–H groups in total. The van der Waals surface area contributed by atoms with Gasteiger partial charge in [-0.05, 0) is 18.2 Å². The summed E-state index contributed by atoms with van der Waals surface area (Å²) in [7, 11) is 0. The van der Waals surface area contributed by atoms with Crippen molar-refractivity contribution in [2.24, 2.45) is 4.99 Å². The van der Waals surface area contributed by atoms with Crippen LogP contribution >= 0.6 is 0 Å². The van der Waals surface area contributed by atoms with Crippen LogP contribution < -0.4 is 0 Å². The maximum Gasteiger partial charge on any atom is 0.123 e. The Kier molecular flexibility index (Phi) is 24.6. The number of hydrogen-bond acceptors (Lipinski definition) is 4. The van der Waals surface area contributed by atoms with Crippen LogP contribution in [0, 0.1) is 0 Å². The van der Waals surface area contributed by atoms with E-state index in [9.17, 15) is 0 Å². The normalized spacial score (nSPS) is 9.33. The van der Waals surface area contributed by atoms with Crippen LogP contribution in [0.25, 0.3) is 0 Å². The van der Waals surface area contributed by atoms with E-state index in [4.69, 9.17) is 0 Å². The summed E-state index contributed by atoms with van der Waals surface area (Å²) >= 11 is 0. The van der Waals surface area contributed by atoms with E-state index >= 15 is 0 Å². The van der Waals surface area contributed by atoms with Gasteiger partial charge in [0.05, 0.1) is 12.7 Å². The summed E-state index contributed by atoms with van der Waals surface area (Å²) in [5.74, 6) is 0. The number of allylic oxidation sites excluding steroid dienone is 1. The Morgan fingerprint density at radius 3 is 2.06 bits per heavy atom. The first kappa shape index (κ1) is 23.0. The van der Waals surface area contributed by atoms with Crippen LogP contribution in [0.4, 0.5) is 0 Å². The van der Waals surface area contributed by atoms with Crippen LogP contribution in [-0.2, 0) is 63.2 Å². The van der Waals surface area contributed by atoms with Gasteiger partial charge in [-0.2, -0.15) is 5.10 Å². The molecule has 2 aromatic rings. The molecule has 3 heterocycles. The fraction of sp³-hybridized carbons (Fsp3) is 0.100. The van der Waals surface area contributed by atoms with E-state index in [2.05, 4.69) is 24.9 Å². The monoisotopic (exact) mass is 756 g/mol. The fourth-order valence-corrected chi connectivity index (χ4v) is 0.695. The van der Waals surface area contributed by atoms with Gasteiger partial charge in [0, 0.05) is 81.8 Å². The summed E-state index contributed by atoms with van der Waals surface area (Å²) in [4.78, 5) is 3.85. The molecule has 0 radical (unpaired) electrons. The zero-order valence-corrected chi connectivity index (χ0v) is 18.2. The summed E-state index contributed by atoms with van der Waals surface area (Å²) < 4.78 is 4.33. The predicted octanol–water partition coefficient (Wildman–Crippen LogP) is 1.70. The molecule has 1 aliphatic heterocycles. The SMILES string of the molecule is C1=CCN=C1.[W].[W].[W].c1cn[nH]c1.c1cnoc1. The van der Waals surface area contributed by atoms with Crippen molar-refractivity contribution in [2.75, 3.05) is 6.54 Å². The van der Waals surface area contributed by atoms with E-state index in [-0.39, 0.29) is 63.2 Å². The first-order chi connectivity index (χ1) is 7.50. The topological polar surface area (TPSA) is 67.1 Å². The average Bonchev–Trinajstić information content (AvgIpc) is 3.09. The Balaban J connectivity index is -0.000000173. The molecule has 0 saturated heterocycles. The van der Waals surface area contributed by atoms with E-state index in [0.717, 1.165) is 6.54 Å². The van der Waals surface area contributed by atoms with Crippen molar-refractivity contribution in [1.82, 2.24) is 15.4 Å². The number of rotatable bonds is 0. The second-order valence-corrected chi connectivity index (χ2v) is 2.40. The van der Waals surface area contributed by atoms with Gasteiger partial charge in [-0.15, -0.1) is 0 Å². The van der Waals surface area contributed by atoms with Gasteiger partial charge in [0.2, 0.25) is 0 Å². The number of nitrogens with one attached hydrogen (secondary N) is 1. The number of aromatic nitrogens is 3. The minimum atomic E-state index is 0. The summed E-state index contributed by atoms with van der Waals surface area (Å²) in [6, 6.07) is 3.56. The molecule has 0 spiro atoms. The molecule has 0 atom stereocenters. The first-order valence-electron chi connectivity index (χ1n) is 4.43. The van der Waals surface area contributed by atoms with Crippen molar-refractivity contribution >= 4 is 6.21 Å². The van der Waals surface area contributed by atoms with Gasteiger partial charge in [0.1, 0.15) is 6.26 Å². The van der Waals surface area contributed by atoms with E-state index < -0.39 is 0 Å². The van der Waals surface area contributed by atoms with Gasteiger partial charge in [0.25, 0.3) is 0 Å². The average molecular weight is 756 g/mol. The van der Waals surface area contributed by atoms with E-state index in [1.165, 1.54) is 6.26 Å². The van der Waals surface area contributed by atoms with Crippen molar-refractivity contribution in [3.63, 3.8) is 0 Å². The molecule has 0 aliphatic carbocycles. The van der Waals surface area contributed by atoms with Gasteiger partial charge in [0.15, 0.2) is 0 Å². The summed E-state index contributed by atoms with van der Waals surface area (Å²) in [5, 5.41) is 9.56. The molecule has 5 nitrogen and oxygen atoms in total. The predicted molar refractivity (Wildman–Crippen MR) is 57.6 cm³/mol. The fourth-order valence-electron chi connectivity index (χ4n) is 0.695. The Bertz CT molecular complexity index is 292. The summed E-state index contributed by atoms with van der Waals surface area (Å²) in [6.07, 6.45) is 12.3. The molecule has 0 fully saturated rings. The summed E-state index contributed by atoms with van der Waals surface area (Å²) in [5.41, 5.74) is 0. The van der Waals surface area contributed by atoms with Crippen molar-refractivity contribution in [3.8, 4) is 0 Å². The molecule has 96 valence electrons. The first-order valence-corrected chi connectivity index (χ1v) is 4.43. The van der Waals surface area contributed by atoms with Crippen LogP contribution in [0.1, 0.15) is 0 Å². The van der Waals surface area contributed by atoms with Gasteiger partial charge in [-0.1, -0.05) is 11.2 Å². The molecule has 3 rings (SSSR count). The standard InChI is InChI=1S/C4H5N.C3H4N2.C3H3NO.3W/c3*1-2-4-5-3-1;;;/h1-3H,4H2;1-3H,(H,4,5);1-3H;;;. The van der Waals surface area contributed by atoms with Crippen LogP contribution in [0.5, 0.6) is 0 Å². The molecule has 0 amide bonds. The molecule has 18 heavy (non-hydrogen) atoms. The van der Waals surface area contributed by atoms with Crippen molar-refractivity contribution < 1.29 is 67.7 Å². The maximum atomic E-state index is 4.33. The number of aliphatic imine (C=N–C) groups is 1. The zero-order valence-electron chi connectivity index (χ0n) is 9.38. The molecule has 1 aliphatic rings. The molecule has 0 aromatic carbocycles. The van der Waals surface area contributed by atoms with E-state index in [1.54, 1.807) is 30.9 Å². The maximum absolute atomic E-state index is 4.33. The second kappa shape index (κ2) is 19.2. The largest absolute Gasteiger partial charge is 0.365 e. The minimum absolute atomic E-state index is 0. The smallest absolute Gasteiger partial charge is 0.123 e. The third-order valence-corrected chi connectivity index (χ3v) is 1.29. The third-order valence-electron chi connectivity index (χ3n) is 1.29. The van der Waals surface area contributed by atoms with Crippen molar-refractivity contribution in [1.29, 1.82) is 0 Å². The van der Waals surface area contributed by atoms with E-state index in [0.29, 0.717) is 0 Å². The Labute approximate surface area is 149 Å². The van der Waals surface area contributed by atoms with Crippen molar-refractivity contribution in [2.45, 2.75) is 0 Å². The van der Waals surface area contributed by atoms with Gasteiger partial charge in [-0.3, -0.25) is 10.1 Å². The van der Waals surface area contributed by atoms with Crippen LogP contribution in [0.2, 0.25) is 0 Å². The Hall–Kier alpha value is -0.105. The van der Waals surface area contributed by atoms with Gasteiger partial charge < -0.3 is 4.52 Å². The third kappa shape index (κ3) is 15.9. The molecular weight excluding hydrogens is 744 g/mol. The Morgan fingerprint density at radius 2 is 1.89 bits per heavy atom. The molecule has 0 saturated carbocycles. The van der Waals surface area contributed by atoms with Crippen LogP contribution in [-0.4, -0.2) is 28.1 Å². The molecule has 0 unspecified atom stereocenters. The minimum Gasteiger partial charge on any atom is -0.365 e. The quantitative estimate of drug-likeness (QED) is 0.446. The number of H-pyrrole nitrogens is 1.